The highest BCUT2D eigenvalue weighted by molar-refractivity contribution is 5.86. The average Bonchev–Trinajstić information content (AvgIpc) is 3.08. The molecule has 0 radical (unpaired) electrons. The fourth-order valence-corrected chi connectivity index (χ4v) is 2.69. The Bertz CT molecular complexity index is 336. The van der Waals surface area contributed by atoms with Gasteiger partial charge in [0.15, 0.2) is 5.84 Å². The number of hydrogen-bond acceptors (Lipinski definition) is 4. The Balaban J connectivity index is 1.96. The molecule has 1 aliphatic carbocycles. The zero-order valence-corrected chi connectivity index (χ0v) is 11.0. The Morgan fingerprint density at radius 1 is 1.42 bits per heavy atom. The van der Waals surface area contributed by atoms with Gasteiger partial charge in [-0.25, -0.2) is 4.79 Å². The summed E-state index contributed by atoms with van der Waals surface area (Å²) < 4.78 is 5.24. The van der Waals surface area contributed by atoms with E-state index in [1.54, 1.807) is 4.90 Å². The fraction of sp³-hybridized carbons (Fsp3) is 0.833. The zero-order valence-electron chi connectivity index (χ0n) is 11.0. The van der Waals surface area contributed by atoms with Crippen LogP contribution in [-0.2, 0) is 4.74 Å². The molecular weight excluding hydrogens is 248 g/mol. The van der Waals surface area contributed by atoms with Crippen molar-refractivity contribution in [2.45, 2.75) is 44.2 Å². The van der Waals surface area contributed by atoms with Crippen LogP contribution < -0.4 is 11.1 Å². The van der Waals surface area contributed by atoms with Crippen LogP contribution in [0.2, 0.25) is 0 Å². The largest absolute Gasteiger partial charge is 0.409 e. The van der Waals surface area contributed by atoms with E-state index in [0.29, 0.717) is 13.2 Å². The molecule has 0 bridgehead atoms. The number of nitrogens with zero attached hydrogens (tertiary/aromatic N) is 2. The highest BCUT2D eigenvalue weighted by Crippen LogP contribution is 2.23. The van der Waals surface area contributed by atoms with E-state index in [1.165, 1.54) is 0 Å². The number of hydrogen-bond donors (Lipinski definition) is 3. The van der Waals surface area contributed by atoms with Crippen LogP contribution >= 0.6 is 0 Å². The number of urea groups is 1. The summed E-state index contributed by atoms with van der Waals surface area (Å²) >= 11 is 0. The van der Waals surface area contributed by atoms with Gasteiger partial charge in [-0.15, -0.1) is 0 Å². The van der Waals surface area contributed by atoms with E-state index in [1.807, 2.05) is 0 Å². The van der Waals surface area contributed by atoms with Gasteiger partial charge >= 0.3 is 6.03 Å². The van der Waals surface area contributed by atoms with Crippen molar-refractivity contribution in [3.05, 3.63) is 0 Å². The number of amidine groups is 1. The van der Waals surface area contributed by atoms with Crippen LogP contribution in [-0.4, -0.2) is 53.8 Å². The third-order valence-electron chi connectivity index (χ3n) is 3.74. The fourth-order valence-electron chi connectivity index (χ4n) is 2.69. The van der Waals surface area contributed by atoms with Gasteiger partial charge in [0.2, 0.25) is 0 Å². The summed E-state index contributed by atoms with van der Waals surface area (Å²) in [6.07, 6.45) is 5.04. The number of oxime groups is 1. The standard InChI is InChI=1S/C12H22N4O3/c13-11(15-18)7-16(10-3-1-2-4-10)12(17)14-9-5-6-19-8-9/h9-10,18H,1-8H2,(H2,13,15)(H,14,17). The molecule has 19 heavy (non-hydrogen) atoms. The van der Waals surface area contributed by atoms with Crippen LogP contribution in [0.5, 0.6) is 0 Å². The lowest BCUT2D eigenvalue weighted by atomic mass is 10.2. The Labute approximate surface area is 112 Å². The van der Waals surface area contributed by atoms with E-state index in [9.17, 15) is 4.79 Å². The predicted molar refractivity (Wildman–Crippen MR) is 70.1 cm³/mol. The number of nitrogens with two attached hydrogens (primary N) is 1. The molecule has 108 valence electrons. The Morgan fingerprint density at radius 2 is 2.16 bits per heavy atom. The molecule has 1 saturated heterocycles. The maximum Gasteiger partial charge on any atom is 0.318 e. The van der Waals surface area contributed by atoms with Gasteiger partial charge < -0.3 is 25.9 Å². The molecule has 0 spiro atoms. The average molecular weight is 270 g/mol. The normalized spacial score (nSPS) is 24.6. The quantitative estimate of drug-likeness (QED) is 0.299. The number of ether oxygens (including phenoxy) is 1. The van der Waals surface area contributed by atoms with Crippen molar-refractivity contribution in [2.24, 2.45) is 10.9 Å². The Kier molecular flexibility index (Phi) is 4.84. The highest BCUT2D eigenvalue weighted by atomic mass is 16.5. The molecule has 2 rings (SSSR count). The van der Waals surface area contributed by atoms with Crippen LogP contribution in [0.3, 0.4) is 0 Å². The van der Waals surface area contributed by atoms with Gasteiger partial charge in [0, 0.05) is 12.6 Å². The van der Waals surface area contributed by atoms with Crippen molar-refractivity contribution in [2.75, 3.05) is 19.8 Å². The molecule has 0 aromatic carbocycles. The van der Waals surface area contributed by atoms with Crippen molar-refractivity contribution >= 4 is 11.9 Å². The van der Waals surface area contributed by atoms with Gasteiger partial charge in [0.25, 0.3) is 0 Å². The lowest BCUT2D eigenvalue weighted by Gasteiger charge is -2.29. The third-order valence-corrected chi connectivity index (χ3v) is 3.74. The number of amides is 2. The smallest absolute Gasteiger partial charge is 0.318 e. The molecule has 2 amide bonds. The molecule has 2 aliphatic rings. The topological polar surface area (TPSA) is 100 Å². The summed E-state index contributed by atoms with van der Waals surface area (Å²) in [4.78, 5) is 14.0. The molecule has 1 aliphatic heterocycles. The van der Waals surface area contributed by atoms with Gasteiger partial charge in [0.1, 0.15) is 0 Å². The Hall–Kier alpha value is -1.50. The van der Waals surface area contributed by atoms with Crippen molar-refractivity contribution in [3.63, 3.8) is 0 Å². The monoisotopic (exact) mass is 270 g/mol. The van der Waals surface area contributed by atoms with Crippen LogP contribution in [0.1, 0.15) is 32.1 Å². The van der Waals surface area contributed by atoms with Gasteiger partial charge in [-0.1, -0.05) is 18.0 Å². The first kappa shape index (κ1) is 13.9. The minimum absolute atomic E-state index is 0.0599. The molecular formula is C12H22N4O3. The summed E-state index contributed by atoms with van der Waals surface area (Å²) in [5.74, 6) is 0.0599. The first-order chi connectivity index (χ1) is 9.20. The van der Waals surface area contributed by atoms with E-state index in [-0.39, 0.29) is 30.5 Å². The minimum Gasteiger partial charge on any atom is -0.409 e. The molecule has 1 unspecified atom stereocenters. The molecule has 0 aromatic rings. The summed E-state index contributed by atoms with van der Waals surface area (Å²) in [5, 5.41) is 14.6. The van der Waals surface area contributed by atoms with Gasteiger partial charge in [0.05, 0.1) is 19.2 Å². The maximum atomic E-state index is 12.3. The number of rotatable bonds is 4. The number of carbonyl (C=O) groups is 1. The molecule has 0 aromatic heterocycles. The lowest BCUT2D eigenvalue weighted by molar-refractivity contribution is 0.170. The van der Waals surface area contributed by atoms with Crippen molar-refractivity contribution in [1.29, 1.82) is 0 Å². The van der Waals surface area contributed by atoms with E-state index in [2.05, 4.69) is 10.5 Å². The molecule has 1 heterocycles. The summed E-state index contributed by atoms with van der Waals surface area (Å²) in [5.41, 5.74) is 5.54. The van der Waals surface area contributed by atoms with Gasteiger partial charge in [-0.05, 0) is 19.3 Å². The van der Waals surface area contributed by atoms with E-state index in [0.717, 1.165) is 32.1 Å². The van der Waals surface area contributed by atoms with E-state index < -0.39 is 0 Å². The maximum absolute atomic E-state index is 12.3. The lowest BCUT2D eigenvalue weighted by Crippen LogP contribution is -2.51. The molecule has 4 N–H and O–H groups in total. The summed E-state index contributed by atoms with van der Waals surface area (Å²) in [6, 6.07) is 0.111. The van der Waals surface area contributed by atoms with Crippen LogP contribution in [0.25, 0.3) is 0 Å². The molecule has 7 heteroatoms. The first-order valence-electron chi connectivity index (χ1n) is 6.82. The van der Waals surface area contributed by atoms with E-state index >= 15 is 0 Å². The van der Waals surface area contributed by atoms with Crippen LogP contribution in [0, 0.1) is 0 Å². The van der Waals surface area contributed by atoms with Gasteiger partial charge in [-0.2, -0.15) is 0 Å². The van der Waals surface area contributed by atoms with Crippen molar-refractivity contribution in [3.8, 4) is 0 Å². The highest BCUT2D eigenvalue weighted by Gasteiger charge is 2.29. The third kappa shape index (κ3) is 3.73. The van der Waals surface area contributed by atoms with Crippen molar-refractivity contribution in [1.82, 2.24) is 10.2 Å². The second-order valence-corrected chi connectivity index (χ2v) is 5.17. The van der Waals surface area contributed by atoms with E-state index in [4.69, 9.17) is 15.7 Å². The first-order valence-corrected chi connectivity index (χ1v) is 6.82. The molecule has 7 nitrogen and oxygen atoms in total. The van der Waals surface area contributed by atoms with Crippen LogP contribution in [0.15, 0.2) is 5.16 Å². The summed E-state index contributed by atoms with van der Waals surface area (Å²) in [6.45, 7) is 1.42. The predicted octanol–water partition coefficient (Wildman–Crippen LogP) is 0.476. The molecule has 1 atom stereocenters. The number of carbonyl (C=O) groups excluding carboxylic acids is 1. The van der Waals surface area contributed by atoms with Crippen molar-refractivity contribution < 1.29 is 14.7 Å². The summed E-state index contributed by atoms with van der Waals surface area (Å²) in [7, 11) is 0. The molecule has 1 saturated carbocycles. The second-order valence-electron chi connectivity index (χ2n) is 5.17. The minimum atomic E-state index is -0.144. The number of nitrogens with one attached hydrogen (secondary N) is 1. The SMILES string of the molecule is NC(CN(C(=O)NC1CCOC1)C1CCCC1)=NO. The van der Waals surface area contributed by atoms with Crippen LogP contribution in [0.4, 0.5) is 4.79 Å². The van der Waals surface area contributed by atoms with Gasteiger partial charge in [-0.3, -0.25) is 0 Å². The molecule has 2 fully saturated rings. The Morgan fingerprint density at radius 3 is 2.74 bits per heavy atom. The zero-order chi connectivity index (χ0) is 13.7. The second kappa shape index (κ2) is 6.60.